The lowest BCUT2D eigenvalue weighted by molar-refractivity contribution is -0.195. The maximum Gasteiger partial charge on any atom is 0.306 e. The molecular weight excluding hydrogens is 698 g/mol. The first-order valence-electron chi connectivity index (χ1n) is 18.5. The van der Waals surface area contributed by atoms with Crippen LogP contribution in [0.3, 0.4) is 0 Å². The fourth-order valence-electron chi connectivity index (χ4n) is 7.43. The molecule has 1 aromatic heterocycles. The minimum Gasteiger partial charge on any atom is -0.462 e. The first-order valence-corrected chi connectivity index (χ1v) is 20.0. The Kier molecular flexibility index (Phi) is 13.0. The van der Waals surface area contributed by atoms with Gasteiger partial charge in [0.15, 0.2) is 17.8 Å². The molecule has 0 aliphatic carbocycles. The Labute approximate surface area is 304 Å². The van der Waals surface area contributed by atoms with Gasteiger partial charge >= 0.3 is 5.97 Å². The van der Waals surface area contributed by atoms with Gasteiger partial charge in [0.25, 0.3) is 0 Å². The zero-order chi connectivity index (χ0) is 36.8. The number of aliphatic hydroxyl groups is 1. The zero-order valence-electron chi connectivity index (χ0n) is 29.9. The van der Waals surface area contributed by atoms with E-state index in [0.29, 0.717) is 68.1 Å². The van der Waals surface area contributed by atoms with Gasteiger partial charge in [0, 0.05) is 62.1 Å². The van der Waals surface area contributed by atoms with Crippen LogP contribution >= 0.6 is 0 Å². The number of sulfonamides is 1. The van der Waals surface area contributed by atoms with E-state index >= 15 is 0 Å². The molecule has 3 aliphatic heterocycles. The van der Waals surface area contributed by atoms with E-state index in [2.05, 4.69) is 4.98 Å². The number of carbonyl (C=O) groups excluding carboxylic acids is 1. The Balaban J connectivity index is 1.29. The lowest BCUT2D eigenvalue weighted by Gasteiger charge is -2.33. The van der Waals surface area contributed by atoms with Gasteiger partial charge in [0.1, 0.15) is 23.3 Å². The summed E-state index contributed by atoms with van der Waals surface area (Å²) in [6.45, 7) is 5.23. The summed E-state index contributed by atoms with van der Waals surface area (Å²) in [4.78, 5) is 18.1. The maximum absolute atomic E-state index is 14.6. The number of hydrogen-bond donors (Lipinski definition) is 1. The monoisotopic (exact) mass is 748 g/mol. The van der Waals surface area contributed by atoms with Crippen molar-refractivity contribution in [1.29, 1.82) is 0 Å². The molecule has 286 valence electrons. The first-order chi connectivity index (χ1) is 25.0. The van der Waals surface area contributed by atoms with Crippen LogP contribution in [-0.2, 0) is 53.2 Å². The van der Waals surface area contributed by atoms with Gasteiger partial charge in [-0.2, -0.15) is 4.31 Å². The van der Waals surface area contributed by atoms with Gasteiger partial charge in [-0.05, 0) is 55.4 Å². The molecule has 2 aromatic carbocycles. The summed E-state index contributed by atoms with van der Waals surface area (Å²) in [5, 5.41) is 11.8. The molecule has 5 atom stereocenters. The average Bonchev–Trinajstić information content (AvgIpc) is 3.72. The molecule has 2 saturated heterocycles. The van der Waals surface area contributed by atoms with Crippen LogP contribution in [-0.4, -0.2) is 80.2 Å². The van der Waals surface area contributed by atoms with Crippen LogP contribution in [0.15, 0.2) is 39.6 Å². The molecule has 1 N–H and O–H groups in total. The molecule has 3 aliphatic rings. The SMILES string of the molecule is CC(C)Cc1nc2cc3c(cc2o1)S(=O)(=O)N(C[C@@H](O)[C@@H](CC(=O)O[C@H]1CCO[C@H]2OCC[C@H]21)Cc1cc(F)cc(F)c1)CCCCCCCOC3. The molecule has 11 nitrogen and oxygen atoms in total. The van der Waals surface area contributed by atoms with Crippen LogP contribution in [0.4, 0.5) is 8.78 Å². The van der Waals surface area contributed by atoms with Gasteiger partial charge in [0.05, 0.1) is 37.2 Å². The van der Waals surface area contributed by atoms with E-state index in [0.717, 1.165) is 43.9 Å². The number of fused-ring (bicyclic) bond motifs is 3. The highest BCUT2D eigenvalue weighted by atomic mass is 32.2. The smallest absolute Gasteiger partial charge is 0.306 e. The Bertz CT molecular complexity index is 1760. The highest BCUT2D eigenvalue weighted by Gasteiger charge is 2.41. The summed E-state index contributed by atoms with van der Waals surface area (Å²) in [5.74, 6) is -2.45. The molecule has 0 radical (unpaired) electrons. The molecule has 0 spiro atoms. The molecule has 0 amide bonds. The van der Waals surface area contributed by atoms with E-state index in [-0.39, 0.29) is 54.8 Å². The highest BCUT2D eigenvalue weighted by Crippen LogP contribution is 2.34. The van der Waals surface area contributed by atoms with Crippen LogP contribution in [0.5, 0.6) is 0 Å². The highest BCUT2D eigenvalue weighted by molar-refractivity contribution is 7.89. The van der Waals surface area contributed by atoms with Crippen molar-refractivity contribution in [2.24, 2.45) is 17.8 Å². The van der Waals surface area contributed by atoms with Crippen LogP contribution in [0, 0.1) is 29.4 Å². The van der Waals surface area contributed by atoms with Crippen molar-refractivity contribution >= 4 is 27.1 Å². The molecule has 3 aromatic rings. The lowest BCUT2D eigenvalue weighted by atomic mass is 9.90. The molecule has 2 fully saturated rings. The maximum atomic E-state index is 14.6. The van der Waals surface area contributed by atoms with Crippen molar-refractivity contribution in [1.82, 2.24) is 9.29 Å². The summed E-state index contributed by atoms with van der Waals surface area (Å²) < 4.78 is 88.2. The molecule has 14 heteroatoms. The van der Waals surface area contributed by atoms with Gasteiger partial charge in [0.2, 0.25) is 10.0 Å². The van der Waals surface area contributed by atoms with E-state index in [4.69, 9.17) is 23.4 Å². The Morgan fingerprint density at radius 3 is 2.48 bits per heavy atom. The normalized spacial score (nSPS) is 24.3. The number of esters is 1. The number of hydrogen-bond acceptors (Lipinski definition) is 10. The van der Waals surface area contributed by atoms with Crippen molar-refractivity contribution in [3.8, 4) is 0 Å². The predicted molar refractivity (Wildman–Crippen MR) is 187 cm³/mol. The number of β-amino-alcohol motifs (C(OH)–C–C–N with tert-alkyl or cyclic N) is 1. The molecule has 4 heterocycles. The Morgan fingerprint density at radius 1 is 0.981 bits per heavy atom. The third-order valence-electron chi connectivity index (χ3n) is 10.1. The lowest BCUT2D eigenvalue weighted by Crippen LogP contribution is -2.43. The second-order valence-corrected chi connectivity index (χ2v) is 16.6. The summed E-state index contributed by atoms with van der Waals surface area (Å²) in [6.07, 6.45) is 3.05. The van der Waals surface area contributed by atoms with E-state index in [9.17, 15) is 27.1 Å². The number of aliphatic hydroxyl groups excluding tert-OH is 1. The average molecular weight is 749 g/mol. The molecule has 0 unspecified atom stereocenters. The number of benzene rings is 2. The summed E-state index contributed by atoms with van der Waals surface area (Å²) in [6, 6.07) is 6.22. The second kappa shape index (κ2) is 17.4. The van der Waals surface area contributed by atoms with Gasteiger partial charge in [-0.25, -0.2) is 22.2 Å². The summed E-state index contributed by atoms with van der Waals surface area (Å²) >= 11 is 0. The number of rotatable bonds is 10. The molecule has 0 bridgehead atoms. The van der Waals surface area contributed by atoms with Crippen molar-refractivity contribution in [2.45, 2.75) is 108 Å². The van der Waals surface area contributed by atoms with Crippen molar-refractivity contribution in [2.75, 3.05) is 32.9 Å². The third kappa shape index (κ3) is 9.74. The first kappa shape index (κ1) is 38.7. The second-order valence-electron chi connectivity index (χ2n) is 14.7. The van der Waals surface area contributed by atoms with Crippen LogP contribution in [0.2, 0.25) is 0 Å². The number of nitrogens with zero attached hydrogens (tertiary/aromatic N) is 2. The molecule has 6 rings (SSSR count). The van der Waals surface area contributed by atoms with Gasteiger partial charge in [-0.3, -0.25) is 4.79 Å². The van der Waals surface area contributed by atoms with Crippen LogP contribution in [0.25, 0.3) is 11.1 Å². The van der Waals surface area contributed by atoms with Gasteiger partial charge < -0.3 is 28.5 Å². The van der Waals surface area contributed by atoms with Crippen molar-refractivity contribution < 1.29 is 50.5 Å². The number of halogens is 2. The Morgan fingerprint density at radius 2 is 1.71 bits per heavy atom. The predicted octanol–water partition coefficient (Wildman–Crippen LogP) is 6.08. The van der Waals surface area contributed by atoms with Crippen molar-refractivity contribution in [3.63, 3.8) is 0 Å². The minimum atomic E-state index is -4.26. The van der Waals surface area contributed by atoms with Gasteiger partial charge in [-0.1, -0.05) is 33.1 Å². The topological polar surface area (TPSA) is 138 Å². The zero-order valence-corrected chi connectivity index (χ0v) is 30.8. The Hall–Kier alpha value is -3.01. The molecular formula is C38H50F2N2O9S. The van der Waals surface area contributed by atoms with Gasteiger partial charge in [-0.15, -0.1) is 0 Å². The third-order valence-corrected chi connectivity index (χ3v) is 12.0. The summed E-state index contributed by atoms with van der Waals surface area (Å²) in [7, 11) is -4.26. The van der Waals surface area contributed by atoms with Crippen molar-refractivity contribution in [3.05, 3.63) is 59.0 Å². The fraction of sp³-hybridized carbons (Fsp3) is 0.632. The van der Waals surface area contributed by atoms with E-state index in [1.165, 1.54) is 10.4 Å². The number of aromatic nitrogens is 1. The summed E-state index contributed by atoms with van der Waals surface area (Å²) in [5.41, 5.74) is 1.52. The van der Waals surface area contributed by atoms with Crippen LogP contribution in [0.1, 0.15) is 82.2 Å². The quantitative estimate of drug-likeness (QED) is 0.243. The largest absolute Gasteiger partial charge is 0.462 e. The van der Waals surface area contributed by atoms with Crippen LogP contribution < -0.4 is 0 Å². The number of ether oxygens (including phenoxy) is 4. The fourth-order valence-corrected chi connectivity index (χ4v) is 9.13. The van der Waals surface area contributed by atoms with E-state index in [1.54, 1.807) is 6.07 Å². The minimum absolute atomic E-state index is 0.00490. The van der Waals surface area contributed by atoms with E-state index < -0.39 is 52.0 Å². The number of oxazole rings is 1. The standard InChI is InChI=1S/C38H50F2N2O9S/c1-24(2)14-36-41-31-18-27-23-47-11-7-5-3-4-6-10-42(52(45,46)35(27)21-34(31)50-36)22-32(43)26(15-25-16-28(39)20-29(40)17-25)19-37(44)51-33-9-13-49-38-30(33)8-12-48-38/h16-18,20-21,24,26,30,32-33,38,43H,3-15,19,22-23H2,1-2H3/t26-,30+,32-,33+,38-/m1/s1. The molecule has 0 saturated carbocycles. The van der Waals surface area contributed by atoms with E-state index in [1.807, 2.05) is 13.8 Å². The molecule has 52 heavy (non-hydrogen) atoms. The number of carbonyl (C=O) groups is 1.